The average molecular weight is 304 g/mol. The van der Waals surface area contributed by atoms with E-state index < -0.39 is 11.6 Å². The Kier molecular flexibility index (Phi) is 3.06. The molecule has 4 fully saturated rings. The molecule has 2 amide bonds. The highest BCUT2D eigenvalue weighted by atomic mass is 19.1. The number of benzene rings is 1. The van der Waals surface area contributed by atoms with Crippen molar-refractivity contribution in [1.82, 2.24) is 5.32 Å². The van der Waals surface area contributed by atoms with Gasteiger partial charge in [0.2, 0.25) is 0 Å². The van der Waals surface area contributed by atoms with Gasteiger partial charge in [0.1, 0.15) is 0 Å². The molecule has 22 heavy (non-hydrogen) atoms. The van der Waals surface area contributed by atoms with Crippen LogP contribution in [-0.2, 0) is 0 Å². The molecule has 5 rings (SSSR count). The van der Waals surface area contributed by atoms with Gasteiger partial charge in [0.25, 0.3) is 0 Å². The molecular weight excluding hydrogens is 283 g/mol. The Bertz CT molecular complexity index is 581. The van der Waals surface area contributed by atoms with Crippen LogP contribution in [0.25, 0.3) is 0 Å². The molecule has 0 atom stereocenters. The molecule has 0 heterocycles. The van der Waals surface area contributed by atoms with E-state index in [0.717, 1.165) is 43.1 Å². The molecule has 4 bridgehead atoms. The summed E-state index contributed by atoms with van der Waals surface area (Å²) in [6.07, 6.45) is 7.11. The quantitative estimate of drug-likeness (QED) is 0.731. The van der Waals surface area contributed by atoms with Crippen LogP contribution in [0.1, 0.15) is 38.5 Å². The Labute approximate surface area is 129 Å². The molecule has 4 nitrogen and oxygen atoms in total. The topological polar surface area (TPSA) is 61.4 Å². The Morgan fingerprint density at radius 1 is 1.14 bits per heavy atom. The Morgan fingerprint density at radius 3 is 2.32 bits per heavy atom. The van der Waals surface area contributed by atoms with Crippen LogP contribution in [0.5, 0.6) is 5.75 Å². The Hall–Kier alpha value is -1.78. The number of para-hydroxylation sites is 1. The van der Waals surface area contributed by atoms with Crippen molar-refractivity contribution in [1.29, 1.82) is 0 Å². The fourth-order valence-electron chi connectivity index (χ4n) is 5.27. The zero-order valence-electron chi connectivity index (χ0n) is 12.4. The van der Waals surface area contributed by atoms with Gasteiger partial charge in [-0.05, 0) is 68.4 Å². The zero-order valence-corrected chi connectivity index (χ0v) is 12.4. The second kappa shape index (κ2) is 4.86. The molecule has 1 aromatic carbocycles. The lowest BCUT2D eigenvalue weighted by Crippen LogP contribution is -2.60. The Morgan fingerprint density at radius 2 is 1.73 bits per heavy atom. The number of hydrogen-bond donors (Lipinski definition) is 3. The van der Waals surface area contributed by atoms with E-state index in [2.05, 4.69) is 10.6 Å². The minimum atomic E-state index is -0.729. The first-order valence-corrected chi connectivity index (χ1v) is 8.10. The van der Waals surface area contributed by atoms with Crippen LogP contribution < -0.4 is 10.6 Å². The minimum absolute atomic E-state index is 0.0955. The molecular formula is C17H21FN2O2. The van der Waals surface area contributed by atoms with E-state index in [1.807, 2.05) is 0 Å². The van der Waals surface area contributed by atoms with Gasteiger partial charge < -0.3 is 15.7 Å². The first-order valence-electron chi connectivity index (χ1n) is 8.10. The zero-order chi connectivity index (χ0) is 15.3. The monoisotopic (exact) mass is 304 g/mol. The third-order valence-electron chi connectivity index (χ3n) is 5.65. The van der Waals surface area contributed by atoms with Gasteiger partial charge in [-0.25, -0.2) is 9.18 Å². The molecule has 0 spiro atoms. The number of carbonyl (C=O) groups is 1. The van der Waals surface area contributed by atoms with Crippen molar-refractivity contribution in [3.8, 4) is 5.75 Å². The van der Waals surface area contributed by atoms with E-state index in [9.17, 15) is 14.3 Å². The van der Waals surface area contributed by atoms with Crippen LogP contribution in [0.4, 0.5) is 14.9 Å². The van der Waals surface area contributed by atoms with E-state index in [1.165, 1.54) is 31.4 Å². The molecule has 0 saturated heterocycles. The second-order valence-corrected chi connectivity index (χ2v) is 7.41. The highest BCUT2D eigenvalue weighted by molar-refractivity contribution is 5.91. The number of halogens is 1. The summed E-state index contributed by atoms with van der Waals surface area (Å²) in [6, 6.07) is 3.78. The van der Waals surface area contributed by atoms with E-state index in [1.54, 1.807) is 0 Å². The number of nitrogens with one attached hydrogen (secondary N) is 2. The highest BCUT2D eigenvalue weighted by Gasteiger charge is 2.51. The summed E-state index contributed by atoms with van der Waals surface area (Å²) >= 11 is 0. The molecule has 5 heteroatoms. The summed E-state index contributed by atoms with van der Waals surface area (Å²) in [7, 11) is 0. The van der Waals surface area contributed by atoms with Gasteiger partial charge in [-0.2, -0.15) is 0 Å². The summed E-state index contributed by atoms with van der Waals surface area (Å²) < 4.78 is 13.3. The average Bonchev–Trinajstić information content (AvgIpc) is 2.41. The predicted molar refractivity (Wildman–Crippen MR) is 81.1 cm³/mol. The van der Waals surface area contributed by atoms with Crippen LogP contribution >= 0.6 is 0 Å². The summed E-state index contributed by atoms with van der Waals surface area (Å²) in [4.78, 5) is 12.3. The predicted octanol–water partition coefficient (Wildman–Crippen LogP) is 3.62. The maximum Gasteiger partial charge on any atom is 0.319 e. The number of rotatable bonds is 2. The van der Waals surface area contributed by atoms with Gasteiger partial charge in [0.05, 0.1) is 5.69 Å². The number of urea groups is 1. The SMILES string of the molecule is O=C(Nc1cccc(F)c1O)NC12CC3CC(CC(C3)C1)C2. The molecule has 1 aromatic rings. The van der Waals surface area contributed by atoms with Crippen molar-refractivity contribution in [3.63, 3.8) is 0 Å². The van der Waals surface area contributed by atoms with Crippen LogP contribution in [0.15, 0.2) is 18.2 Å². The summed E-state index contributed by atoms with van der Waals surface area (Å²) in [6.45, 7) is 0. The molecule has 0 unspecified atom stereocenters. The standard InChI is InChI=1S/C17H21FN2O2/c18-13-2-1-3-14(15(13)21)19-16(22)20-17-7-10-4-11(8-17)6-12(5-10)9-17/h1-3,10-12,21H,4-9H2,(H2,19,20,22). The van der Waals surface area contributed by atoms with E-state index in [4.69, 9.17) is 0 Å². The van der Waals surface area contributed by atoms with Crippen molar-refractivity contribution >= 4 is 11.7 Å². The largest absolute Gasteiger partial charge is 0.503 e. The molecule has 0 aliphatic heterocycles. The lowest BCUT2D eigenvalue weighted by atomic mass is 9.53. The molecule has 4 aliphatic rings. The van der Waals surface area contributed by atoms with Gasteiger partial charge in [0.15, 0.2) is 11.6 Å². The fourth-order valence-corrected chi connectivity index (χ4v) is 5.27. The van der Waals surface area contributed by atoms with E-state index in [-0.39, 0.29) is 17.3 Å². The molecule has 118 valence electrons. The lowest BCUT2D eigenvalue weighted by Gasteiger charge is -2.56. The van der Waals surface area contributed by atoms with Crippen molar-refractivity contribution < 1.29 is 14.3 Å². The normalized spacial score (nSPS) is 35.4. The maximum absolute atomic E-state index is 13.3. The van der Waals surface area contributed by atoms with Gasteiger partial charge in [-0.1, -0.05) is 6.07 Å². The number of aromatic hydroxyl groups is 1. The minimum Gasteiger partial charge on any atom is -0.503 e. The summed E-state index contributed by atoms with van der Waals surface area (Å²) in [5.74, 6) is 0.994. The highest BCUT2D eigenvalue weighted by Crippen LogP contribution is 2.55. The summed E-state index contributed by atoms with van der Waals surface area (Å²) in [5, 5.41) is 15.4. The molecule has 0 radical (unpaired) electrons. The van der Waals surface area contributed by atoms with Gasteiger partial charge >= 0.3 is 6.03 Å². The smallest absolute Gasteiger partial charge is 0.319 e. The second-order valence-electron chi connectivity index (χ2n) is 7.41. The summed E-state index contributed by atoms with van der Waals surface area (Å²) in [5.41, 5.74) is 0.0177. The first-order chi connectivity index (χ1) is 10.5. The number of anilines is 1. The van der Waals surface area contributed by atoms with Crippen molar-refractivity contribution in [2.75, 3.05) is 5.32 Å². The lowest BCUT2D eigenvalue weighted by molar-refractivity contribution is -0.0127. The number of phenols is 1. The van der Waals surface area contributed by atoms with Crippen molar-refractivity contribution in [2.45, 2.75) is 44.1 Å². The van der Waals surface area contributed by atoms with Crippen molar-refractivity contribution in [2.24, 2.45) is 17.8 Å². The number of amides is 2. The van der Waals surface area contributed by atoms with Crippen molar-refractivity contribution in [3.05, 3.63) is 24.0 Å². The van der Waals surface area contributed by atoms with Crippen LogP contribution in [-0.4, -0.2) is 16.7 Å². The molecule has 0 aromatic heterocycles. The maximum atomic E-state index is 13.3. The Balaban J connectivity index is 1.47. The van der Waals surface area contributed by atoms with E-state index >= 15 is 0 Å². The third kappa shape index (κ3) is 2.32. The molecule has 4 aliphatic carbocycles. The fraction of sp³-hybridized carbons (Fsp3) is 0.588. The van der Waals surface area contributed by atoms with Gasteiger partial charge in [0, 0.05) is 5.54 Å². The van der Waals surface area contributed by atoms with Gasteiger partial charge in [-0.3, -0.25) is 0 Å². The van der Waals surface area contributed by atoms with Crippen LogP contribution in [0, 0.1) is 23.6 Å². The number of phenolic OH excluding ortho intramolecular Hbond substituents is 1. The van der Waals surface area contributed by atoms with Gasteiger partial charge in [-0.15, -0.1) is 0 Å². The third-order valence-corrected chi connectivity index (χ3v) is 5.65. The molecule has 4 saturated carbocycles. The number of carbonyl (C=O) groups excluding carboxylic acids is 1. The van der Waals surface area contributed by atoms with Crippen LogP contribution in [0.3, 0.4) is 0 Å². The van der Waals surface area contributed by atoms with E-state index in [0.29, 0.717) is 0 Å². The number of hydrogen-bond acceptors (Lipinski definition) is 2. The first kappa shape index (κ1) is 13.9. The molecule has 3 N–H and O–H groups in total. The van der Waals surface area contributed by atoms with Crippen LogP contribution in [0.2, 0.25) is 0 Å².